The van der Waals surface area contributed by atoms with E-state index in [9.17, 15) is 9.18 Å². The second-order valence-corrected chi connectivity index (χ2v) is 4.90. The number of carbonyl (C=O) groups excluding carboxylic acids is 1. The number of hydrogen-bond acceptors (Lipinski definition) is 3. The maximum atomic E-state index is 13.1. The van der Waals surface area contributed by atoms with Gasteiger partial charge >= 0.3 is 0 Å². The Morgan fingerprint density at radius 2 is 1.90 bits per heavy atom. The Morgan fingerprint density at radius 1 is 1.14 bits per heavy atom. The van der Waals surface area contributed by atoms with E-state index in [1.54, 1.807) is 24.3 Å². The van der Waals surface area contributed by atoms with E-state index in [2.05, 4.69) is 0 Å². The van der Waals surface area contributed by atoms with Gasteiger partial charge in [0.25, 0.3) is 0 Å². The lowest BCUT2D eigenvalue weighted by molar-refractivity contribution is 0.0896. The summed E-state index contributed by atoms with van der Waals surface area (Å²) < 4.78 is 23.8. The van der Waals surface area contributed by atoms with Gasteiger partial charge < -0.3 is 9.15 Å². The largest absolute Gasteiger partial charge is 0.485 e. The maximum absolute atomic E-state index is 13.1. The van der Waals surface area contributed by atoms with Crippen molar-refractivity contribution in [3.8, 4) is 5.75 Å². The van der Waals surface area contributed by atoms with E-state index in [1.807, 2.05) is 0 Å². The molecule has 0 amide bonds. The molecule has 5 heteroatoms. The number of halogens is 2. The van der Waals surface area contributed by atoms with Gasteiger partial charge in [0.15, 0.2) is 12.4 Å². The minimum Gasteiger partial charge on any atom is -0.485 e. The van der Waals surface area contributed by atoms with Gasteiger partial charge in [-0.3, -0.25) is 4.79 Å². The van der Waals surface area contributed by atoms with E-state index in [0.29, 0.717) is 21.7 Å². The zero-order chi connectivity index (χ0) is 14.8. The number of benzene rings is 2. The number of carbonyl (C=O) groups is 1. The highest BCUT2D eigenvalue weighted by Gasteiger charge is 2.13. The van der Waals surface area contributed by atoms with E-state index in [1.165, 1.54) is 24.3 Å². The van der Waals surface area contributed by atoms with Crippen molar-refractivity contribution in [1.29, 1.82) is 0 Å². The lowest BCUT2D eigenvalue weighted by Gasteiger charge is -2.03. The van der Waals surface area contributed by atoms with Crippen LogP contribution in [0.5, 0.6) is 5.75 Å². The topological polar surface area (TPSA) is 39.4 Å². The molecule has 3 aromatic rings. The van der Waals surface area contributed by atoms with Crippen LogP contribution in [0.25, 0.3) is 11.0 Å². The van der Waals surface area contributed by atoms with E-state index in [0.717, 1.165) is 0 Å². The average Bonchev–Trinajstić information content (AvgIpc) is 2.89. The van der Waals surface area contributed by atoms with E-state index in [-0.39, 0.29) is 24.0 Å². The number of rotatable bonds is 4. The first-order valence-electron chi connectivity index (χ1n) is 6.22. The Labute approximate surface area is 124 Å². The summed E-state index contributed by atoms with van der Waals surface area (Å²) in [6.45, 7) is -0.163. The second kappa shape index (κ2) is 5.58. The third kappa shape index (κ3) is 3.06. The molecule has 0 saturated heterocycles. The molecule has 0 atom stereocenters. The molecule has 0 radical (unpaired) electrons. The van der Waals surface area contributed by atoms with Crippen molar-refractivity contribution < 1.29 is 18.3 Å². The van der Waals surface area contributed by atoms with Crippen LogP contribution >= 0.6 is 11.6 Å². The fourth-order valence-corrected chi connectivity index (χ4v) is 2.03. The zero-order valence-electron chi connectivity index (χ0n) is 10.8. The average molecular weight is 305 g/mol. The highest BCUT2D eigenvalue weighted by Crippen LogP contribution is 2.21. The van der Waals surface area contributed by atoms with Crippen LogP contribution in [-0.4, -0.2) is 12.4 Å². The predicted octanol–water partition coefficient (Wildman–Crippen LogP) is 4.49. The first-order valence-corrected chi connectivity index (χ1v) is 6.60. The Kier molecular flexibility index (Phi) is 3.62. The molecule has 0 fully saturated rings. The van der Waals surface area contributed by atoms with Crippen LogP contribution < -0.4 is 4.74 Å². The SMILES string of the molecule is O=C(COc1ccc(Cl)cc1)c1cc2cc(F)ccc2o1. The summed E-state index contributed by atoms with van der Waals surface area (Å²) in [4.78, 5) is 12.0. The summed E-state index contributed by atoms with van der Waals surface area (Å²) in [5, 5.41) is 1.14. The molecular weight excluding hydrogens is 295 g/mol. The van der Waals surface area contributed by atoms with Crippen LogP contribution in [0, 0.1) is 5.82 Å². The number of ether oxygens (including phenoxy) is 1. The molecule has 1 heterocycles. The van der Waals surface area contributed by atoms with Crippen molar-refractivity contribution in [2.75, 3.05) is 6.61 Å². The van der Waals surface area contributed by atoms with E-state index < -0.39 is 0 Å². The van der Waals surface area contributed by atoms with Gasteiger partial charge in [0, 0.05) is 10.4 Å². The second-order valence-electron chi connectivity index (χ2n) is 4.46. The summed E-state index contributed by atoms with van der Waals surface area (Å²) in [7, 11) is 0. The third-order valence-electron chi connectivity index (χ3n) is 2.94. The molecule has 0 spiro atoms. The van der Waals surface area contributed by atoms with Gasteiger partial charge in [0.1, 0.15) is 17.1 Å². The number of furan rings is 1. The monoisotopic (exact) mass is 304 g/mol. The van der Waals surface area contributed by atoms with Crippen LogP contribution in [0.4, 0.5) is 4.39 Å². The van der Waals surface area contributed by atoms with Crippen molar-refractivity contribution in [3.05, 3.63) is 65.1 Å². The Balaban J connectivity index is 1.73. The number of fused-ring (bicyclic) bond motifs is 1. The molecule has 21 heavy (non-hydrogen) atoms. The molecule has 0 saturated carbocycles. The summed E-state index contributed by atoms with van der Waals surface area (Å²) in [6.07, 6.45) is 0. The van der Waals surface area contributed by atoms with Gasteiger partial charge in [0.05, 0.1) is 0 Å². The fraction of sp³-hybridized carbons (Fsp3) is 0.0625. The van der Waals surface area contributed by atoms with Gasteiger partial charge in [-0.2, -0.15) is 0 Å². The summed E-state index contributed by atoms with van der Waals surface area (Å²) >= 11 is 5.76. The van der Waals surface area contributed by atoms with Crippen LogP contribution in [0.1, 0.15) is 10.6 Å². The Hall–Kier alpha value is -2.33. The quantitative estimate of drug-likeness (QED) is 0.667. The zero-order valence-corrected chi connectivity index (χ0v) is 11.6. The van der Waals surface area contributed by atoms with Gasteiger partial charge in [-0.15, -0.1) is 0 Å². The van der Waals surface area contributed by atoms with Crippen LogP contribution in [0.3, 0.4) is 0 Å². The molecule has 0 N–H and O–H groups in total. The molecule has 1 aromatic heterocycles. The van der Waals surface area contributed by atoms with Crippen molar-refractivity contribution in [1.82, 2.24) is 0 Å². The first kappa shape index (κ1) is 13.6. The predicted molar refractivity (Wildman–Crippen MR) is 77.4 cm³/mol. The summed E-state index contributed by atoms with van der Waals surface area (Å²) in [6, 6.07) is 12.3. The minimum atomic E-state index is -0.375. The van der Waals surface area contributed by atoms with E-state index in [4.69, 9.17) is 20.8 Å². The number of ketones is 1. The first-order chi connectivity index (χ1) is 10.1. The highest BCUT2D eigenvalue weighted by molar-refractivity contribution is 6.30. The minimum absolute atomic E-state index is 0.143. The van der Waals surface area contributed by atoms with Crippen LogP contribution in [0.15, 0.2) is 52.9 Å². The molecule has 3 nitrogen and oxygen atoms in total. The van der Waals surface area contributed by atoms with Gasteiger partial charge in [-0.25, -0.2) is 4.39 Å². The van der Waals surface area contributed by atoms with Crippen molar-refractivity contribution in [2.45, 2.75) is 0 Å². The molecule has 0 unspecified atom stereocenters. The number of hydrogen-bond donors (Lipinski definition) is 0. The molecule has 0 aliphatic carbocycles. The molecule has 106 valence electrons. The number of Topliss-reactive ketones (excluding diaryl/α,β-unsaturated/α-hetero) is 1. The van der Waals surface area contributed by atoms with Crippen molar-refractivity contribution in [3.63, 3.8) is 0 Å². The van der Waals surface area contributed by atoms with Crippen molar-refractivity contribution >= 4 is 28.4 Å². The summed E-state index contributed by atoms with van der Waals surface area (Å²) in [5.74, 6) is -0.0132. The van der Waals surface area contributed by atoms with Gasteiger partial charge in [-0.1, -0.05) is 11.6 Å². The van der Waals surface area contributed by atoms with Crippen LogP contribution in [0.2, 0.25) is 5.02 Å². The molecular formula is C16H10ClFO3. The van der Waals surface area contributed by atoms with Crippen LogP contribution in [-0.2, 0) is 0 Å². The standard InChI is InChI=1S/C16H10ClFO3/c17-11-1-4-13(5-2-11)20-9-14(19)16-8-10-7-12(18)3-6-15(10)21-16/h1-8H,9H2. The summed E-state index contributed by atoms with van der Waals surface area (Å²) in [5.41, 5.74) is 0.464. The lowest BCUT2D eigenvalue weighted by Crippen LogP contribution is -2.10. The maximum Gasteiger partial charge on any atom is 0.235 e. The highest BCUT2D eigenvalue weighted by atomic mass is 35.5. The lowest BCUT2D eigenvalue weighted by atomic mass is 10.2. The normalized spacial score (nSPS) is 10.8. The van der Waals surface area contributed by atoms with Crippen molar-refractivity contribution in [2.24, 2.45) is 0 Å². The smallest absolute Gasteiger partial charge is 0.235 e. The molecule has 0 aliphatic rings. The molecule has 0 bridgehead atoms. The molecule has 3 rings (SSSR count). The van der Waals surface area contributed by atoms with E-state index >= 15 is 0 Å². The Morgan fingerprint density at radius 3 is 2.67 bits per heavy atom. The third-order valence-corrected chi connectivity index (χ3v) is 3.19. The molecule has 2 aromatic carbocycles. The molecule has 0 aliphatic heterocycles. The van der Waals surface area contributed by atoms with Gasteiger partial charge in [0.2, 0.25) is 5.78 Å². The Bertz CT molecular complexity index is 793. The van der Waals surface area contributed by atoms with Gasteiger partial charge in [-0.05, 0) is 48.5 Å². The fourth-order valence-electron chi connectivity index (χ4n) is 1.90.